The molecule has 2 aromatic carbocycles. The summed E-state index contributed by atoms with van der Waals surface area (Å²) in [4.78, 5) is 21.8. The normalized spacial score (nSPS) is 10.8. The molecule has 28 heavy (non-hydrogen) atoms. The summed E-state index contributed by atoms with van der Waals surface area (Å²) in [6.45, 7) is 1.52. The number of benzene rings is 2. The molecule has 0 aliphatic rings. The van der Waals surface area contributed by atoms with Crippen molar-refractivity contribution in [3.8, 4) is 5.75 Å². The van der Waals surface area contributed by atoms with Crippen molar-refractivity contribution in [2.75, 3.05) is 39.2 Å². The van der Waals surface area contributed by atoms with Crippen LogP contribution in [0.15, 0.2) is 46.9 Å². The van der Waals surface area contributed by atoms with Gasteiger partial charge in [-0.3, -0.25) is 9.69 Å². The van der Waals surface area contributed by atoms with Crippen LogP contribution in [-0.2, 0) is 0 Å². The van der Waals surface area contributed by atoms with E-state index in [4.69, 9.17) is 9.72 Å². The van der Waals surface area contributed by atoms with Crippen molar-refractivity contribution in [2.45, 2.75) is 6.42 Å². The number of nitrogens with zero attached hydrogens (tertiary/aromatic N) is 3. The summed E-state index contributed by atoms with van der Waals surface area (Å²) in [6, 6.07) is 13.2. The molecule has 0 spiro atoms. The molecule has 0 atom stereocenters. The lowest BCUT2D eigenvalue weighted by molar-refractivity contribution is 0.0986. The van der Waals surface area contributed by atoms with E-state index < -0.39 is 0 Å². The van der Waals surface area contributed by atoms with Gasteiger partial charge in [0.1, 0.15) is 5.75 Å². The van der Waals surface area contributed by atoms with Gasteiger partial charge in [0, 0.05) is 22.6 Å². The number of carbonyl (C=O) groups excluding carboxylic acids is 1. The van der Waals surface area contributed by atoms with Crippen molar-refractivity contribution in [3.05, 3.63) is 52.5 Å². The van der Waals surface area contributed by atoms with Gasteiger partial charge in [0.05, 0.1) is 17.3 Å². The molecule has 0 bridgehead atoms. The minimum absolute atomic E-state index is 0. The van der Waals surface area contributed by atoms with Gasteiger partial charge in [0.15, 0.2) is 5.13 Å². The Bertz CT molecular complexity index is 931. The first kappa shape index (κ1) is 22.6. The summed E-state index contributed by atoms with van der Waals surface area (Å²) in [5, 5.41) is 0.713. The number of anilines is 1. The zero-order chi connectivity index (χ0) is 19.4. The third-order valence-corrected chi connectivity index (χ3v) is 5.73. The molecule has 0 aliphatic carbocycles. The first-order valence-corrected chi connectivity index (χ1v) is 10.3. The SMILES string of the molecule is COc1ccc2sc(N(CCCN(C)C)C(=O)c3ccc(Br)cc3)nc2c1.Cl. The first-order valence-electron chi connectivity index (χ1n) is 8.64. The maximum atomic E-state index is 13.2. The standard InChI is InChI=1S/C20H22BrN3O2S.ClH/c1-23(2)11-4-12-24(19(25)14-5-7-15(21)8-6-14)20-22-17-13-16(26-3)9-10-18(17)27-20;/h5-10,13H,4,11-12H2,1-3H3;1H. The van der Waals surface area contributed by atoms with E-state index in [0.29, 0.717) is 17.2 Å². The molecule has 3 rings (SSSR count). The smallest absolute Gasteiger partial charge is 0.260 e. The lowest BCUT2D eigenvalue weighted by Crippen LogP contribution is -2.33. The first-order chi connectivity index (χ1) is 13.0. The fraction of sp³-hybridized carbons (Fsp3) is 0.300. The highest BCUT2D eigenvalue weighted by atomic mass is 79.9. The van der Waals surface area contributed by atoms with Crippen LogP contribution in [0.4, 0.5) is 5.13 Å². The Hall–Kier alpha value is -1.67. The summed E-state index contributed by atoms with van der Waals surface area (Å²) in [7, 11) is 5.70. The van der Waals surface area contributed by atoms with Crippen molar-refractivity contribution in [2.24, 2.45) is 0 Å². The maximum Gasteiger partial charge on any atom is 0.260 e. The number of ether oxygens (including phenoxy) is 1. The number of methoxy groups -OCH3 is 1. The number of fused-ring (bicyclic) bond motifs is 1. The van der Waals surface area contributed by atoms with E-state index >= 15 is 0 Å². The van der Waals surface area contributed by atoms with E-state index in [0.717, 1.165) is 33.4 Å². The molecule has 1 amide bonds. The van der Waals surface area contributed by atoms with Crippen molar-refractivity contribution >= 4 is 60.9 Å². The molecule has 150 valence electrons. The van der Waals surface area contributed by atoms with Gasteiger partial charge in [-0.15, -0.1) is 12.4 Å². The molecule has 3 aromatic rings. The zero-order valence-electron chi connectivity index (χ0n) is 16.0. The number of rotatable bonds is 7. The van der Waals surface area contributed by atoms with Gasteiger partial charge in [-0.05, 0) is 63.5 Å². The highest BCUT2D eigenvalue weighted by Crippen LogP contribution is 2.32. The summed E-state index contributed by atoms with van der Waals surface area (Å²) in [5.41, 5.74) is 1.50. The van der Waals surface area contributed by atoms with Crippen LogP contribution < -0.4 is 9.64 Å². The topological polar surface area (TPSA) is 45.7 Å². The maximum absolute atomic E-state index is 13.2. The van der Waals surface area contributed by atoms with E-state index in [1.807, 2.05) is 56.6 Å². The van der Waals surface area contributed by atoms with Gasteiger partial charge < -0.3 is 9.64 Å². The van der Waals surface area contributed by atoms with Gasteiger partial charge >= 0.3 is 0 Å². The Morgan fingerprint density at radius 2 is 1.86 bits per heavy atom. The van der Waals surface area contributed by atoms with Crippen LogP contribution in [0.25, 0.3) is 10.2 Å². The number of hydrogen-bond donors (Lipinski definition) is 0. The van der Waals surface area contributed by atoms with Crippen molar-refractivity contribution in [1.82, 2.24) is 9.88 Å². The summed E-state index contributed by atoms with van der Waals surface area (Å²) < 4.78 is 7.27. The summed E-state index contributed by atoms with van der Waals surface area (Å²) >= 11 is 4.94. The largest absolute Gasteiger partial charge is 0.497 e. The minimum Gasteiger partial charge on any atom is -0.497 e. The number of halogens is 2. The molecule has 8 heteroatoms. The van der Waals surface area contributed by atoms with E-state index in [-0.39, 0.29) is 18.3 Å². The van der Waals surface area contributed by atoms with Crippen LogP contribution >= 0.6 is 39.7 Å². The van der Waals surface area contributed by atoms with Gasteiger partial charge in [-0.1, -0.05) is 27.3 Å². The molecule has 0 aliphatic heterocycles. The second-order valence-electron chi connectivity index (χ2n) is 6.45. The average molecular weight is 485 g/mol. The average Bonchev–Trinajstić information content (AvgIpc) is 3.07. The second-order valence-corrected chi connectivity index (χ2v) is 8.38. The molecule has 1 aromatic heterocycles. The Morgan fingerprint density at radius 1 is 1.14 bits per heavy atom. The summed E-state index contributed by atoms with van der Waals surface area (Å²) in [6.07, 6.45) is 0.870. The molecule has 0 saturated heterocycles. The van der Waals surface area contributed by atoms with E-state index in [2.05, 4.69) is 20.8 Å². The van der Waals surface area contributed by atoms with E-state index in [9.17, 15) is 4.79 Å². The molecule has 5 nitrogen and oxygen atoms in total. The zero-order valence-corrected chi connectivity index (χ0v) is 19.2. The van der Waals surface area contributed by atoms with Crippen molar-refractivity contribution < 1.29 is 9.53 Å². The molecular weight excluding hydrogens is 462 g/mol. The van der Waals surface area contributed by atoms with Crippen LogP contribution in [0.2, 0.25) is 0 Å². The van der Waals surface area contributed by atoms with Crippen LogP contribution in [0, 0.1) is 0 Å². The molecule has 0 radical (unpaired) electrons. The number of hydrogen-bond acceptors (Lipinski definition) is 5. The fourth-order valence-corrected chi connectivity index (χ4v) is 3.95. The minimum atomic E-state index is -0.0349. The number of aromatic nitrogens is 1. The fourth-order valence-electron chi connectivity index (χ4n) is 2.71. The van der Waals surface area contributed by atoms with Crippen molar-refractivity contribution in [3.63, 3.8) is 0 Å². The van der Waals surface area contributed by atoms with Crippen molar-refractivity contribution in [1.29, 1.82) is 0 Å². The van der Waals surface area contributed by atoms with Crippen LogP contribution in [0.5, 0.6) is 5.75 Å². The van der Waals surface area contributed by atoms with Gasteiger partial charge in [-0.2, -0.15) is 0 Å². The quantitative estimate of drug-likeness (QED) is 0.469. The predicted molar refractivity (Wildman–Crippen MR) is 122 cm³/mol. The molecule has 0 unspecified atom stereocenters. The van der Waals surface area contributed by atoms with E-state index in [1.54, 1.807) is 12.0 Å². The molecule has 0 saturated carbocycles. The Labute approximate surface area is 183 Å². The highest BCUT2D eigenvalue weighted by molar-refractivity contribution is 9.10. The third-order valence-electron chi connectivity index (χ3n) is 4.14. The monoisotopic (exact) mass is 483 g/mol. The molecule has 0 fully saturated rings. The van der Waals surface area contributed by atoms with Crippen LogP contribution in [-0.4, -0.2) is 50.1 Å². The lowest BCUT2D eigenvalue weighted by Gasteiger charge is -2.21. The Kier molecular flexibility index (Phi) is 8.24. The summed E-state index contributed by atoms with van der Waals surface area (Å²) in [5.74, 6) is 0.727. The third kappa shape index (κ3) is 5.44. The molecular formula is C20H23BrClN3O2S. The van der Waals surface area contributed by atoms with Crippen LogP contribution in [0.1, 0.15) is 16.8 Å². The van der Waals surface area contributed by atoms with Gasteiger partial charge in [-0.25, -0.2) is 4.98 Å². The van der Waals surface area contributed by atoms with E-state index in [1.165, 1.54) is 11.3 Å². The Balaban J connectivity index is 0.00000280. The second kappa shape index (κ2) is 10.2. The predicted octanol–water partition coefficient (Wildman–Crippen LogP) is 5.09. The molecule has 1 heterocycles. The highest BCUT2D eigenvalue weighted by Gasteiger charge is 2.21. The molecule has 0 N–H and O–H groups in total. The van der Waals surface area contributed by atoms with Gasteiger partial charge in [0.2, 0.25) is 0 Å². The number of amides is 1. The van der Waals surface area contributed by atoms with Crippen LogP contribution in [0.3, 0.4) is 0 Å². The van der Waals surface area contributed by atoms with Gasteiger partial charge in [0.25, 0.3) is 5.91 Å². The number of thiazole rings is 1. The number of carbonyl (C=O) groups is 1. The lowest BCUT2D eigenvalue weighted by atomic mass is 10.2. The Morgan fingerprint density at radius 3 is 2.50 bits per heavy atom.